The fourth-order valence-corrected chi connectivity index (χ4v) is 1.06. The molecule has 0 atom stereocenters. The van der Waals surface area contributed by atoms with Crippen LogP contribution in [0.2, 0.25) is 0 Å². The highest BCUT2D eigenvalue weighted by molar-refractivity contribution is 5.84. The van der Waals surface area contributed by atoms with Crippen molar-refractivity contribution in [2.24, 2.45) is 5.41 Å². The number of carboxylic acid groups (broad SMARTS) is 1. The summed E-state index contributed by atoms with van der Waals surface area (Å²) in [6.07, 6.45) is 0.413. The number of nitrogens with zero attached hydrogens (tertiary/aromatic N) is 1. The van der Waals surface area contributed by atoms with Crippen LogP contribution in [0.3, 0.4) is 0 Å². The Morgan fingerprint density at radius 2 is 2.29 bits per heavy atom. The summed E-state index contributed by atoms with van der Waals surface area (Å²) < 4.78 is 5.03. The predicted molar refractivity (Wildman–Crippen MR) is 48.8 cm³/mol. The van der Waals surface area contributed by atoms with E-state index in [4.69, 9.17) is 14.8 Å². The number of carbonyl (C=O) groups is 1. The molecule has 1 aromatic heterocycles. The Kier molecular flexibility index (Phi) is 2.61. The molecule has 0 saturated carbocycles. The first kappa shape index (κ1) is 10.3. The van der Waals surface area contributed by atoms with Crippen molar-refractivity contribution in [2.45, 2.75) is 20.3 Å². The quantitative estimate of drug-likeness (QED) is 0.797. The van der Waals surface area contributed by atoms with Crippen molar-refractivity contribution in [3.63, 3.8) is 0 Å². The monoisotopic (exact) mass is 193 g/mol. The third-order valence-corrected chi connectivity index (χ3v) is 1.79. The average molecular weight is 193 g/mol. The van der Waals surface area contributed by atoms with Crippen LogP contribution >= 0.6 is 0 Å². The molecular formula is C10H11NO3. The second-order valence-electron chi connectivity index (χ2n) is 3.74. The van der Waals surface area contributed by atoms with E-state index < -0.39 is 11.4 Å². The Labute approximate surface area is 81.8 Å². The number of hydrogen-bond acceptors (Lipinski definition) is 3. The smallest absolute Gasteiger partial charge is 0.371 e. The van der Waals surface area contributed by atoms with Gasteiger partial charge in [0.1, 0.15) is 5.76 Å². The summed E-state index contributed by atoms with van der Waals surface area (Å²) >= 11 is 0. The highest BCUT2D eigenvalue weighted by Gasteiger charge is 2.20. The molecule has 0 aliphatic carbocycles. The van der Waals surface area contributed by atoms with Gasteiger partial charge in [-0.15, -0.1) is 0 Å². The topological polar surface area (TPSA) is 74.2 Å². The Morgan fingerprint density at radius 3 is 2.71 bits per heavy atom. The normalized spacial score (nSPS) is 10.9. The first-order valence-electron chi connectivity index (χ1n) is 4.18. The zero-order valence-corrected chi connectivity index (χ0v) is 8.07. The molecule has 1 rings (SSSR count). The second-order valence-corrected chi connectivity index (χ2v) is 3.74. The van der Waals surface area contributed by atoms with E-state index in [1.54, 1.807) is 19.9 Å². The first-order valence-corrected chi connectivity index (χ1v) is 4.18. The maximum Gasteiger partial charge on any atom is 0.371 e. The van der Waals surface area contributed by atoms with Gasteiger partial charge in [-0.05, 0) is 26.0 Å². The van der Waals surface area contributed by atoms with Crippen LogP contribution in [0.1, 0.15) is 30.2 Å². The molecule has 0 fully saturated rings. The lowest BCUT2D eigenvalue weighted by molar-refractivity contribution is 0.0659. The van der Waals surface area contributed by atoms with Gasteiger partial charge in [-0.25, -0.2) is 4.79 Å². The van der Waals surface area contributed by atoms with Crippen LogP contribution in [-0.4, -0.2) is 11.1 Å². The molecule has 0 spiro atoms. The fraction of sp³-hybridized carbons (Fsp3) is 0.400. The molecule has 1 N–H and O–H groups in total. The third-order valence-electron chi connectivity index (χ3n) is 1.79. The summed E-state index contributed by atoms with van der Waals surface area (Å²) in [7, 11) is 0. The van der Waals surface area contributed by atoms with E-state index >= 15 is 0 Å². The van der Waals surface area contributed by atoms with Gasteiger partial charge in [-0.2, -0.15) is 5.26 Å². The summed E-state index contributed by atoms with van der Waals surface area (Å²) in [5, 5.41) is 17.4. The fourth-order valence-electron chi connectivity index (χ4n) is 1.06. The van der Waals surface area contributed by atoms with Gasteiger partial charge in [0.25, 0.3) is 0 Å². The lowest BCUT2D eigenvalue weighted by Gasteiger charge is -2.11. The van der Waals surface area contributed by atoms with Crippen molar-refractivity contribution in [1.82, 2.24) is 0 Å². The van der Waals surface area contributed by atoms with Gasteiger partial charge >= 0.3 is 5.97 Å². The minimum Gasteiger partial charge on any atom is -0.475 e. The van der Waals surface area contributed by atoms with Crippen LogP contribution < -0.4 is 0 Å². The first-order chi connectivity index (χ1) is 6.44. The average Bonchev–Trinajstić information content (AvgIpc) is 2.52. The van der Waals surface area contributed by atoms with Crippen molar-refractivity contribution in [1.29, 1.82) is 5.26 Å². The van der Waals surface area contributed by atoms with Gasteiger partial charge in [0.15, 0.2) is 0 Å². The van der Waals surface area contributed by atoms with Gasteiger partial charge in [0.05, 0.1) is 11.5 Å². The predicted octanol–water partition coefficient (Wildman–Crippen LogP) is 2.07. The van der Waals surface area contributed by atoms with E-state index in [0.29, 0.717) is 12.2 Å². The van der Waals surface area contributed by atoms with Crippen LogP contribution in [0, 0.1) is 16.7 Å². The lowest BCUT2D eigenvalue weighted by atomic mass is 9.90. The molecule has 4 heteroatoms. The summed E-state index contributed by atoms with van der Waals surface area (Å²) in [5.74, 6) is -0.659. The van der Waals surface area contributed by atoms with Crippen molar-refractivity contribution < 1.29 is 14.3 Å². The highest BCUT2D eigenvalue weighted by Crippen LogP contribution is 2.21. The largest absolute Gasteiger partial charge is 0.475 e. The zero-order chi connectivity index (χ0) is 10.8. The van der Waals surface area contributed by atoms with Crippen molar-refractivity contribution in [3.8, 4) is 6.07 Å². The Bertz CT molecular complexity index is 384. The molecule has 74 valence electrons. The number of carboxylic acids is 1. The Morgan fingerprint density at radius 1 is 1.64 bits per heavy atom. The number of furan rings is 1. The summed E-state index contributed by atoms with van der Waals surface area (Å²) in [4.78, 5) is 10.5. The van der Waals surface area contributed by atoms with Gasteiger partial charge in [0, 0.05) is 6.42 Å². The van der Waals surface area contributed by atoms with Gasteiger partial charge in [-0.1, -0.05) is 0 Å². The van der Waals surface area contributed by atoms with E-state index in [9.17, 15) is 4.79 Å². The molecule has 0 saturated heterocycles. The van der Waals surface area contributed by atoms with E-state index in [0.717, 1.165) is 0 Å². The standard InChI is InChI=1S/C10H11NO3/c1-10(2,6-11)5-7-3-4-8(14-7)9(12)13/h3-4H,5H2,1-2H3,(H,12,13). The minimum atomic E-state index is -1.09. The molecule has 0 unspecified atom stereocenters. The highest BCUT2D eigenvalue weighted by atomic mass is 16.4. The minimum absolute atomic E-state index is 0.0891. The summed E-state index contributed by atoms with van der Waals surface area (Å²) in [6, 6.07) is 5.10. The molecule has 0 aliphatic rings. The molecule has 0 amide bonds. The molecule has 14 heavy (non-hydrogen) atoms. The molecule has 0 bridgehead atoms. The van der Waals surface area contributed by atoms with Gasteiger partial charge in [0.2, 0.25) is 5.76 Å². The lowest BCUT2D eigenvalue weighted by Crippen LogP contribution is -2.11. The van der Waals surface area contributed by atoms with Crippen LogP contribution in [0.15, 0.2) is 16.5 Å². The second kappa shape index (κ2) is 3.54. The van der Waals surface area contributed by atoms with Crippen molar-refractivity contribution in [3.05, 3.63) is 23.7 Å². The van der Waals surface area contributed by atoms with E-state index in [2.05, 4.69) is 6.07 Å². The van der Waals surface area contributed by atoms with Crippen LogP contribution in [0.4, 0.5) is 0 Å². The molecule has 1 aromatic rings. The number of nitriles is 1. The molecule has 4 nitrogen and oxygen atoms in total. The molecule has 0 aromatic carbocycles. The van der Waals surface area contributed by atoms with E-state index in [1.165, 1.54) is 6.07 Å². The summed E-state index contributed by atoms with van der Waals surface area (Å²) in [6.45, 7) is 3.55. The molecule has 0 aliphatic heterocycles. The zero-order valence-electron chi connectivity index (χ0n) is 8.07. The number of aromatic carboxylic acids is 1. The SMILES string of the molecule is CC(C)(C#N)Cc1ccc(C(=O)O)o1. The molecule has 1 heterocycles. The molecular weight excluding hydrogens is 182 g/mol. The van der Waals surface area contributed by atoms with Crippen LogP contribution in [0.5, 0.6) is 0 Å². The van der Waals surface area contributed by atoms with Crippen LogP contribution in [-0.2, 0) is 6.42 Å². The third kappa shape index (κ3) is 2.36. The van der Waals surface area contributed by atoms with Crippen LogP contribution in [0.25, 0.3) is 0 Å². The number of rotatable bonds is 3. The van der Waals surface area contributed by atoms with Gasteiger partial charge < -0.3 is 9.52 Å². The number of hydrogen-bond donors (Lipinski definition) is 1. The maximum absolute atomic E-state index is 10.5. The van der Waals surface area contributed by atoms with Crippen molar-refractivity contribution >= 4 is 5.97 Å². The van der Waals surface area contributed by atoms with Gasteiger partial charge in [-0.3, -0.25) is 0 Å². The Hall–Kier alpha value is -1.76. The summed E-state index contributed by atoms with van der Waals surface area (Å²) in [5.41, 5.74) is -0.534. The molecule has 0 radical (unpaired) electrons. The van der Waals surface area contributed by atoms with Crippen molar-refractivity contribution in [2.75, 3.05) is 0 Å². The van der Waals surface area contributed by atoms with E-state index in [-0.39, 0.29) is 5.76 Å². The van der Waals surface area contributed by atoms with E-state index in [1.807, 2.05) is 0 Å². The Balaban J connectivity index is 2.80. The maximum atomic E-state index is 10.5.